The monoisotopic (exact) mass is 255 g/mol. The molecule has 1 fully saturated rings. The lowest BCUT2D eigenvalue weighted by Gasteiger charge is -2.31. The molecule has 0 bridgehead atoms. The van der Waals surface area contributed by atoms with Crippen LogP contribution in [0.2, 0.25) is 0 Å². The van der Waals surface area contributed by atoms with Crippen molar-refractivity contribution in [2.75, 3.05) is 19.0 Å². The van der Waals surface area contributed by atoms with Crippen molar-refractivity contribution in [2.45, 2.75) is 12.8 Å². The molecule has 4 heteroatoms. The van der Waals surface area contributed by atoms with Crippen LogP contribution in [-0.4, -0.2) is 29.8 Å². The first-order chi connectivity index (χ1) is 8.22. The Morgan fingerprint density at radius 1 is 1.47 bits per heavy atom. The maximum absolute atomic E-state index is 13.5. The van der Waals surface area contributed by atoms with Crippen molar-refractivity contribution >= 4 is 17.5 Å². The van der Waals surface area contributed by atoms with Crippen molar-refractivity contribution in [3.8, 4) is 0 Å². The normalized spacial score (nSPS) is 20.4. The third-order valence-corrected chi connectivity index (χ3v) is 3.57. The molecule has 0 aliphatic carbocycles. The number of alkyl halides is 1. The van der Waals surface area contributed by atoms with Crippen molar-refractivity contribution in [1.82, 2.24) is 4.90 Å². The topological polar surface area (TPSA) is 20.3 Å². The molecule has 1 aliphatic rings. The molecule has 1 saturated heterocycles. The number of rotatable bonds is 2. The van der Waals surface area contributed by atoms with E-state index in [1.165, 1.54) is 12.1 Å². The van der Waals surface area contributed by atoms with E-state index >= 15 is 0 Å². The van der Waals surface area contributed by atoms with E-state index in [4.69, 9.17) is 11.6 Å². The number of hydrogen-bond acceptors (Lipinski definition) is 1. The first-order valence-corrected chi connectivity index (χ1v) is 6.35. The Hall–Kier alpha value is -1.09. The highest BCUT2D eigenvalue weighted by molar-refractivity contribution is 6.18. The van der Waals surface area contributed by atoms with E-state index in [9.17, 15) is 9.18 Å². The molecule has 17 heavy (non-hydrogen) atoms. The number of carbonyl (C=O) groups excluding carboxylic acids is 1. The predicted octanol–water partition coefficient (Wildman–Crippen LogP) is 2.92. The summed E-state index contributed by atoms with van der Waals surface area (Å²) < 4.78 is 13.5. The van der Waals surface area contributed by atoms with Gasteiger partial charge in [-0.3, -0.25) is 4.79 Å². The van der Waals surface area contributed by atoms with Crippen LogP contribution in [0.25, 0.3) is 0 Å². The van der Waals surface area contributed by atoms with Gasteiger partial charge in [0.15, 0.2) is 0 Å². The highest BCUT2D eigenvalue weighted by atomic mass is 35.5. The second-order valence-electron chi connectivity index (χ2n) is 4.39. The largest absolute Gasteiger partial charge is 0.338 e. The van der Waals surface area contributed by atoms with Crippen LogP contribution in [0.5, 0.6) is 0 Å². The zero-order valence-corrected chi connectivity index (χ0v) is 10.3. The Bertz CT molecular complexity index is 410. The lowest BCUT2D eigenvalue weighted by molar-refractivity contribution is 0.0680. The van der Waals surface area contributed by atoms with Crippen LogP contribution in [-0.2, 0) is 0 Å². The lowest BCUT2D eigenvalue weighted by Crippen LogP contribution is -2.40. The van der Waals surface area contributed by atoms with Gasteiger partial charge in [0, 0.05) is 19.0 Å². The van der Waals surface area contributed by atoms with E-state index in [0.29, 0.717) is 24.9 Å². The van der Waals surface area contributed by atoms with Crippen molar-refractivity contribution in [2.24, 2.45) is 5.92 Å². The minimum atomic E-state index is -0.453. The summed E-state index contributed by atoms with van der Waals surface area (Å²) in [5.41, 5.74) is 0.155. The predicted molar refractivity (Wildman–Crippen MR) is 65.7 cm³/mol. The van der Waals surface area contributed by atoms with Gasteiger partial charge in [-0.1, -0.05) is 12.1 Å². The van der Waals surface area contributed by atoms with Gasteiger partial charge in [-0.15, -0.1) is 11.6 Å². The van der Waals surface area contributed by atoms with Gasteiger partial charge in [0.2, 0.25) is 0 Å². The number of amides is 1. The molecule has 1 unspecified atom stereocenters. The average molecular weight is 256 g/mol. The number of carbonyl (C=O) groups is 1. The summed E-state index contributed by atoms with van der Waals surface area (Å²) in [6, 6.07) is 6.11. The second-order valence-corrected chi connectivity index (χ2v) is 4.70. The molecule has 1 aromatic carbocycles. The number of nitrogens with zero attached hydrogens (tertiary/aromatic N) is 1. The van der Waals surface area contributed by atoms with Gasteiger partial charge in [-0.25, -0.2) is 4.39 Å². The van der Waals surface area contributed by atoms with Gasteiger partial charge in [-0.2, -0.15) is 0 Å². The van der Waals surface area contributed by atoms with E-state index in [1.54, 1.807) is 17.0 Å². The summed E-state index contributed by atoms with van der Waals surface area (Å²) in [6.45, 7) is 1.33. The maximum atomic E-state index is 13.5. The van der Waals surface area contributed by atoms with Gasteiger partial charge in [0.25, 0.3) is 5.91 Å². The Morgan fingerprint density at radius 3 is 2.94 bits per heavy atom. The van der Waals surface area contributed by atoms with Gasteiger partial charge in [-0.05, 0) is 30.9 Å². The van der Waals surface area contributed by atoms with Gasteiger partial charge >= 0.3 is 0 Å². The van der Waals surface area contributed by atoms with Crippen molar-refractivity contribution in [1.29, 1.82) is 0 Å². The van der Waals surface area contributed by atoms with Gasteiger partial charge < -0.3 is 4.90 Å². The van der Waals surface area contributed by atoms with Crippen LogP contribution in [0.1, 0.15) is 23.2 Å². The van der Waals surface area contributed by atoms with Crippen LogP contribution in [0.3, 0.4) is 0 Å². The summed E-state index contributed by atoms with van der Waals surface area (Å²) in [7, 11) is 0. The Labute approximate surface area is 105 Å². The zero-order chi connectivity index (χ0) is 12.3. The molecule has 1 amide bonds. The van der Waals surface area contributed by atoms with E-state index in [0.717, 1.165) is 12.8 Å². The number of hydrogen-bond donors (Lipinski definition) is 0. The highest BCUT2D eigenvalue weighted by Gasteiger charge is 2.25. The fourth-order valence-corrected chi connectivity index (χ4v) is 2.43. The molecule has 1 aromatic rings. The van der Waals surface area contributed by atoms with Crippen LogP contribution < -0.4 is 0 Å². The Kier molecular flexibility index (Phi) is 4.00. The molecule has 1 heterocycles. The minimum Gasteiger partial charge on any atom is -0.338 e. The summed E-state index contributed by atoms with van der Waals surface area (Å²) in [5.74, 6) is 0.214. The molecule has 0 saturated carbocycles. The van der Waals surface area contributed by atoms with Crippen molar-refractivity contribution < 1.29 is 9.18 Å². The van der Waals surface area contributed by atoms with E-state index in [1.807, 2.05) is 0 Å². The summed E-state index contributed by atoms with van der Waals surface area (Å²) in [4.78, 5) is 13.8. The van der Waals surface area contributed by atoms with Crippen LogP contribution in [0.15, 0.2) is 24.3 Å². The molecule has 1 aliphatic heterocycles. The van der Waals surface area contributed by atoms with Crippen LogP contribution >= 0.6 is 11.6 Å². The molecule has 2 rings (SSSR count). The highest BCUT2D eigenvalue weighted by Crippen LogP contribution is 2.20. The second kappa shape index (κ2) is 5.50. The molecule has 0 aromatic heterocycles. The van der Waals surface area contributed by atoms with Crippen LogP contribution in [0, 0.1) is 11.7 Å². The van der Waals surface area contributed by atoms with Crippen molar-refractivity contribution in [3.63, 3.8) is 0 Å². The first-order valence-electron chi connectivity index (χ1n) is 5.82. The number of benzene rings is 1. The van der Waals surface area contributed by atoms with E-state index in [2.05, 4.69) is 0 Å². The summed E-state index contributed by atoms with van der Waals surface area (Å²) in [5, 5.41) is 0. The first kappa shape index (κ1) is 12.4. The Balaban J connectivity index is 2.12. The SMILES string of the molecule is O=C(c1ccccc1F)N1CCCC(CCl)C1. The number of likely N-dealkylation sites (tertiary alicyclic amines) is 1. The van der Waals surface area contributed by atoms with E-state index in [-0.39, 0.29) is 11.5 Å². The minimum absolute atomic E-state index is 0.155. The third-order valence-electron chi connectivity index (χ3n) is 3.13. The van der Waals surface area contributed by atoms with Gasteiger partial charge in [0.05, 0.1) is 5.56 Å². The van der Waals surface area contributed by atoms with Crippen LogP contribution in [0.4, 0.5) is 4.39 Å². The van der Waals surface area contributed by atoms with Crippen molar-refractivity contribution in [3.05, 3.63) is 35.6 Å². The number of piperidine rings is 1. The maximum Gasteiger partial charge on any atom is 0.256 e. The lowest BCUT2D eigenvalue weighted by atomic mass is 9.99. The zero-order valence-electron chi connectivity index (χ0n) is 9.53. The molecule has 92 valence electrons. The molecular weight excluding hydrogens is 241 g/mol. The van der Waals surface area contributed by atoms with Gasteiger partial charge in [0.1, 0.15) is 5.82 Å². The molecule has 0 radical (unpaired) electrons. The fourth-order valence-electron chi connectivity index (χ4n) is 2.18. The quantitative estimate of drug-likeness (QED) is 0.744. The molecular formula is C13H15ClFNO. The van der Waals surface area contributed by atoms with E-state index < -0.39 is 5.82 Å². The number of halogens is 2. The molecule has 0 N–H and O–H groups in total. The standard InChI is InChI=1S/C13H15ClFNO/c14-8-10-4-3-7-16(9-10)13(17)11-5-1-2-6-12(11)15/h1-2,5-6,10H,3-4,7-9H2. The average Bonchev–Trinajstić information content (AvgIpc) is 2.38. The third kappa shape index (κ3) is 2.78. The fraction of sp³-hybridized carbons (Fsp3) is 0.462. The molecule has 2 nitrogen and oxygen atoms in total. The summed E-state index contributed by atoms with van der Waals surface area (Å²) >= 11 is 5.82. The Morgan fingerprint density at radius 2 is 2.24 bits per heavy atom. The smallest absolute Gasteiger partial charge is 0.256 e. The summed E-state index contributed by atoms with van der Waals surface area (Å²) in [6.07, 6.45) is 1.99. The molecule has 1 atom stereocenters. The molecule has 0 spiro atoms.